The van der Waals surface area contributed by atoms with Crippen LogP contribution in [-0.4, -0.2) is 37.0 Å². The van der Waals surface area contributed by atoms with Gasteiger partial charge in [-0.05, 0) is 68.9 Å². The second-order valence-electron chi connectivity index (χ2n) is 9.23. The smallest absolute Gasteiger partial charge is 0.252 e. The zero-order valence-corrected chi connectivity index (χ0v) is 23.1. The van der Waals surface area contributed by atoms with Gasteiger partial charge in [0.1, 0.15) is 0 Å². The van der Waals surface area contributed by atoms with Crippen molar-refractivity contribution in [3.8, 4) is 11.3 Å². The number of nitrogens with one attached hydrogen (secondary N) is 2. The van der Waals surface area contributed by atoms with Crippen molar-refractivity contribution in [1.82, 2.24) is 10.3 Å². The molecule has 0 aliphatic rings. The highest BCUT2D eigenvalue weighted by Gasteiger charge is 2.24. The Hall–Kier alpha value is -3.04. The van der Waals surface area contributed by atoms with Crippen molar-refractivity contribution in [2.45, 2.75) is 64.0 Å². The van der Waals surface area contributed by atoms with E-state index >= 15 is 0 Å². The molecule has 0 radical (unpaired) electrons. The topological polar surface area (TPSA) is 105 Å². The van der Waals surface area contributed by atoms with Gasteiger partial charge in [-0.15, -0.1) is 11.3 Å². The minimum atomic E-state index is -3.55. The molecule has 9 heteroatoms. The van der Waals surface area contributed by atoms with E-state index in [4.69, 9.17) is 0 Å². The maximum atomic E-state index is 12.8. The Morgan fingerprint density at radius 2 is 1.78 bits per heavy atom. The Morgan fingerprint density at radius 1 is 1.06 bits per heavy atom. The van der Waals surface area contributed by atoms with Gasteiger partial charge in [0.25, 0.3) is 5.91 Å². The van der Waals surface area contributed by atoms with E-state index in [1.807, 2.05) is 17.5 Å². The molecule has 2 N–H and O–H groups in total. The van der Waals surface area contributed by atoms with Gasteiger partial charge in [0, 0.05) is 16.5 Å². The Bertz CT molecular complexity index is 1380. The van der Waals surface area contributed by atoms with Gasteiger partial charge >= 0.3 is 0 Å². The van der Waals surface area contributed by atoms with Crippen LogP contribution in [-0.2, 0) is 14.6 Å². The molecule has 192 valence electrons. The maximum absolute atomic E-state index is 12.8. The molecule has 2 aromatic carbocycles. The Morgan fingerprint density at radius 3 is 2.44 bits per heavy atom. The van der Waals surface area contributed by atoms with Crippen LogP contribution in [0, 0.1) is 13.8 Å². The van der Waals surface area contributed by atoms with Crippen LogP contribution >= 0.6 is 11.3 Å². The molecule has 0 spiro atoms. The monoisotopic (exact) mass is 527 g/mol. The number of hydrogen-bond acceptors (Lipinski definition) is 6. The van der Waals surface area contributed by atoms with Crippen molar-refractivity contribution >= 4 is 38.1 Å². The Kier molecular flexibility index (Phi) is 8.68. The molecular formula is C27H33N3O4S2. The molecule has 1 aromatic heterocycles. The third-order valence-electron chi connectivity index (χ3n) is 6.22. The number of nitrogens with zero attached hydrogens (tertiary/aromatic N) is 1. The molecule has 0 saturated heterocycles. The lowest BCUT2D eigenvalue weighted by Gasteiger charge is -2.14. The van der Waals surface area contributed by atoms with Crippen LogP contribution in [0.1, 0.15) is 67.1 Å². The quantitative estimate of drug-likeness (QED) is 0.383. The van der Waals surface area contributed by atoms with Crippen molar-refractivity contribution < 1.29 is 18.0 Å². The van der Waals surface area contributed by atoms with Crippen molar-refractivity contribution in [3.05, 3.63) is 64.0 Å². The first kappa shape index (κ1) is 27.5. The van der Waals surface area contributed by atoms with Crippen LogP contribution in [0.15, 0.2) is 46.7 Å². The third-order valence-corrected chi connectivity index (χ3v) is 9.27. The van der Waals surface area contributed by atoms with Crippen molar-refractivity contribution in [1.29, 1.82) is 0 Å². The van der Waals surface area contributed by atoms with Gasteiger partial charge in [-0.3, -0.25) is 9.59 Å². The number of anilines is 1. The number of rotatable bonds is 9. The highest BCUT2D eigenvalue weighted by molar-refractivity contribution is 7.92. The van der Waals surface area contributed by atoms with Crippen LogP contribution in [0.5, 0.6) is 0 Å². The number of amides is 2. The lowest BCUT2D eigenvalue weighted by molar-refractivity contribution is -0.115. The van der Waals surface area contributed by atoms with Gasteiger partial charge in [-0.2, -0.15) is 0 Å². The van der Waals surface area contributed by atoms with Gasteiger partial charge in [-0.1, -0.05) is 38.1 Å². The van der Waals surface area contributed by atoms with E-state index < -0.39 is 26.9 Å². The van der Waals surface area contributed by atoms with Crippen molar-refractivity contribution in [3.63, 3.8) is 0 Å². The average molecular weight is 528 g/mol. The fourth-order valence-corrected chi connectivity index (χ4v) is 5.79. The molecule has 3 aromatic rings. The van der Waals surface area contributed by atoms with Gasteiger partial charge in [-0.25, -0.2) is 13.4 Å². The minimum absolute atomic E-state index is 0.130. The number of sulfone groups is 1. The highest BCUT2D eigenvalue weighted by Crippen LogP contribution is 2.28. The first-order valence-electron chi connectivity index (χ1n) is 11.9. The molecule has 0 aliphatic heterocycles. The fraction of sp³-hybridized carbons (Fsp3) is 0.370. The summed E-state index contributed by atoms with van der Waals surface area (Å²) in [5.74, 6) is -0.480. The molecule has 1 heterocycles. The molecule has 0 saturated carbocycles. The summed E-state index contributed by atoms with van der Waals surface area (Å²) < 4.78 is 25.4. The molecule has 7 nitrogen and oxygen atoms in total. The largest absolute Gasteiger partial charge is 0.343 e. The molecule has 1 unspecified atom stereocenters. The van der Waals surface area contributed by atoms with E-state index in [1.54, 1.807) is 33.8 Å². The van der Waals surface area contributed by atoms with E-state index in [1.165, 1.54) is 23.0 Å². The van der Waals surface area contributed by atoms with E-state index in [9.17, 15) is 18.0 Å². The fourth-order valence-electron chi connectivity index (χ4n) is 3.76. The van der Waals surface area contributed by atoms with Crippen LogP contribution in [0.25, 0.3) is 11.3 Å². The molecule has 3 rings (SSSR count). The van der Waals surface area contributed by atoms with Crippen molar-refractivity contribution in [2.75, 3.05) is 11.9 Å². The first-order valence-corrected chi connectivity index (χ1v) is 14.4. The standard InChI is InChI=1S/C27H33N3O4S2/c1-7-17(4)20-9-8-10-21(12-20)23-15-35-27(29-23)30-25(31)14-28-26(32)22-13-24(19(6)11-18(22)5)36(33,34)16(2)3/h8-13,15-17H,7,14H2,1-6H3,(H,28,32)(H,29,30,31). The summed E-state index contributed by atoms with van der Waals surface area (Å²) in [5.41, 5.74) is 4.46. The lowest BCUT2D eigenvalue weighted by atomic mass is 9.96. The predicted octanol–water partition coefficient (Wildman–Crippen LogP) is 5.49. The number of carbonyl (C=O) groups is 2. The number of aryl methyl sites for hydroxylation is 2. The van der Waals surface area contributed by atoms with Crippen LogP contribution < -0.4 is 10.6 Å². The highest BCUT2D eigenvalue weighted by atomic mass is 32.2. The molecule has 0 aliphatic carbocycles. The summed E-state index contributed by atoms with van der Waals surface area (Å²) in [6.07, 6.45) is 1.05. The van der Waals surface area contributed by atoms with Gasteiger partial charge in [0.05, 0.1) is 22.4 Å². The first-order chi connectivity index (χ1) is 16.9. The second-order valence-corrected chi connectivity index (χ2v) is 12.6. The summed E-state index contributed by atoms with van der Waals surface area (Å²) in [4.78, 5) is 29.9. The molecular weight excluding hydrogens is 494 g/mol. The normalized spacial score (nSPS) is 12.4. The molecule has 0 bridgehead atoms. The summed E-state index contributed by atoms with van der Waals surface area (Å²) in [7, 11) is -3.55. The molecule has 0 fully saturated rings. The number of aromatic nitrogens is 1. The minimum Gasteiger partial charge on any atom is -0.343 e. The SMILES string of the molecule is CCC(C)c1cccc(-c2csc(NC(=O)CNC(=O)c3cc(S(=O)(=O)C(C)C)c(C)cc3C)n2)c1. The van der Waals surface area contributed by atoms with Crippen LogP contribution in [0.4, 0.5) is 5.13 Å². The molecule has 1 atom stereocenters. The zero-order valence-electron chi connectivity index (χ0n) is 21.5. The Balaban J connectivity index is 1.67. The average Bonchev–Trinajstić information content (AvgIpc) is 3.30. The number of carbonyl (C=O) groups excluding carboxylic acids is 2. The Labute approximate surface area is 217 Å². The lowest BCUT2D eigenvalue weighted by Crippen LogP contribution is -2.33. The summed E-state index contributed by atoms with van der Waals surface area (Å²) >= 11 is 1.31. The number of benzene rings is 2. The third kappa shape index (κ3) is 6.20. The van der Waals surface area contributed by atoms with Crippen molar-refractivity contribution in [2.24, 2.45) is 0 Å². The molecule has 2 amide bonds. The predicted molar refractivity (Wildman–Crippen MR) is 145 cm³/mol. The number of hydrogen-bond donors (Lipinski definition) is 2. The van der Waals surface area contributed by atoms with E-state index in [0.717, 1.165) is 17.7 Å². The van der Waals surface area contributed by atoms with E-state index in [2.05, 4.69) is 41.6 Å². The molecule has 36 heavy (non-hydrogen) atoms. The zero-order chi connectivity index (χ0) is 26.6. The van der Waals surface area contributed by atoms with Gasteiger partial charge in [0.15, 0.2) is 15.0 Å². The van der Waals surface area contributed by atoms with E-state index in [-0.39, 0.29) is 17.0 Å². The van der Waals surface area contributed by atoms with Gasteiger partial charge in [0.2, 0.25) is 5.91 Å². The van der Waals surface area contributed by atoms with Crippen LogP contribution in [0.3, 0.4) is 0 Å². The maximum Gasteiger partial charge on any atom is 0.252 e. The van der Waals surface area contributed by atoms with E-state index in [0.29, 0.717) is 22.2 Å². The summed E-state index contributed by atoms with van der Waals surface area (Å²) in [6, 6.07) is 11.3. The van der Waals surface area contributed by atoms with Gasteiger partial charge < -0.3 is 10.6 Å². The van der Waals surface area contributed by atoms with Crippen LogP contribution in [0.2, 0.25) is 0 Å². The second kappa shape index (κ2) is 11.3. The summed E-state index contributed by atoms with van der Waals surface area (Å²) in [5, 5.41) is 7.02. The summed E-state index contributed by atoms with van der Waals surface area (Å²) in [6.45, 7) is 10.7. The number of thiazole rings is 1.